The molecule has 2 N–H and O–H groups in total. The van der Waals surface area contributed by atoms with Crippen LogP contribution < -0.4 is 5.73 Å². The van der Waals surface area contributed by atoms with Crippen molar-refractivity contribution >= 4 is 5.69 Å². The molecule has 94 valence electrons. The van der Waals surface area contributed by atoms with E-state index in [9.17, 15) is 0 Å². The number of rotatable bonds is 2. The minimum Gasteiger partial charge on any atom is -0.399 e. The van der Waals surface area contributed by atoms with Gasteiger partial charge in [0.2, 0.25) is 5.82 Å². The SMILES string of the molecule is Cc1ccccc1-c1nc(-c2cccc(N)c2)no1. The fraction of sp³-hybridized carbons (Fsp3) is 0.0667. The Morgan fingerprint density at radius 3 is 2.68 bits per heavy atom. The van der Waals surface area contributed by atoms with E-state index in [0.717, 1.165) is 16.7 Å². The van der Waals surface area contributed by atoms with Crippen LogP contribution in [-0.2, 0) is 0 Å². The molecule has 0 aliphatic rings. The monoisotopic (exact) mass is 251 g/mol. The molecule has 19 heavy (non-hydrogen) atoms. The third kappa shape index (κ3) is 2.20. The summed E-state index contributed by atoms with van der Waals surface area (Å²) in [5, 5.41) is 4.00. The van der Waals surface area contributed by atoms with Gasteiger partial charge < -0.3 is 10.3 Å². The van der Waals surface area contributed by atoms with Gasteiger partial charge in [-0.3, -0.25) is 0 Å². The molecule has 0 unspecified atom stereocenters. The van der Waals surface area contributed by atoms with Crippen LogP contribution in [0, 0.1) is 6.92 Å². The predicted molar refractivity (Wildman–Crippen MR) is 74.3 cm³/mol. The molecule has 0 amide bonds. The van der Waals surface area contributed by atoms with Crippen molar-refractivity contribution in [3.8, 4) is 22.8 Å². The number of benzene rings is 2. The van der Waals surface area contributed by atoms with Crippen molar-refractivity contribution in [3.63, 3.8) is 0 Å². The molecular formula is C15H13N3O. The minimum atomic E-state index is 0.524. The number of aromatic nitrogens is 2. The van der Waals surface area contributed by atoms with Gasteiger partial charge in [-0.1, -0.05) is 35.5 Å². The van der Waals surface area contributed by atoms with Crippen molar-refractivity contribution in [1.29, 1.82) is 0 Å². The third-order valence-corrected chi connectivity index (χ3v) is 2.95. The predicted octanol–water partition coefficient (Wildman–Crippen LogP) is 3.29. The van der Waals surface area contributed by atoms with Gasteiger partial charge in [0.25, 0.3) is 5.89 Å². The van der Waals surface area contributed by atoms with Crippen LogP contribution in [0.25, 0.3) is 22.8 Å². The molecule has 0 fully saturated rings. The molecule has 0 spiro atoms. The summed E-state index contributed by atoms with van der Waals surface area (Å²) in [6, 6.07) is 15.3. The molecule has 0 radical (unpaired) electrons. The highest BCUT2D eigenvalue weighted by Crippen LogP contribution is 2.25. The van der Waals surface area contributed by atoms with Gasteiger partial charge in [0.1, 0.15) is 0 Å². The van der Waals surface area contributed by atoms with Crippen molar-refractivity contribution in [2.45, 2.75) is 6.92 Å². The summed E-state index contributed by atoms with van der Waals surface area (Å²) in [5.41, 5.74) is 9.33. The Labute approximate surface area is 110 Å². The molecule has 0 aliphatic carbocycles. The van der Waals surface area contributed by atoms with Gasteiger partial charge in [-0.2, -0.15) is 4.98 Å². The second-order valence-electron chi connectivity index (χ2n) is 4.36. The standard InChI is InChI=1S/C15H13N3O/c1-10-5-2-3-8-13(10)15-17-14(18-19-15)11-6-4-7-12(16)9-11/h2-9H,16H2,1H3. The first-order chi connectivity index (χ1) is 9.24. The van der Waals surface area contributed by atoms with E-state index >= 15 is 0 Å². The van der Waals surface area contributed by atoms with E-state index in [-0.39, 0.29) is 0 Å². The van der Waals surface area contributed by atoms with Gasteiger partial charge in [0, 0.05) is 16.8 Å². The van der Waals surface area contributed by atoms with E-state index in [1.54, 1.807) is 0 Å². The van der Waals surface area contributed by atoms with E-state index < -0.39 is 0 Å². The number of hydrogen-bond acceptors (Lipinski definition) is 4. The van der Waals surface area contributed by atoms with Crippen molar-refractivity contribution in [2.75, 3.05) is 5.73 Å². The molecule has 4 heteroatoms. The number of anilines is 1. The number of nitrogen functional groups attached to an aromatic ring is 1. The number of nitrogens with two attached hydrogens (primary N) is 1. The van der Waals surface area contributed by atoms with Crippen LogP contribution in [0.2, 0.25) is 0 Å². The second-order valence-corrected chi connectivity index (χ2v) is 4.36. The third-order valence-electron chi connectivity index (χ3n) is 2.95. The first-order valence-corrected chi connectivity index (χ1v) is 5.99. The quantitative estimate of drug-likeness (QED) is 0.710. The first kappa shape index (κ1) is 11.5. The van der Waals surface area contributed by atoms with Crippen molar-refractivity contribution in [3.05, 3.63) is 54.1 Å². The lowest BCUT2D eigenvalue weighted by Crippen LogP contribution is -1.87. The van der Waals surface area contributed by atoms with Crippen LogP contribution in [0.15, 0.2) is 53.1 Å². The Balaban J connectivity index is 2.03. The minimum absolute atomic E-state index is 0.524. The largest absolute Gasteiger partial charge is 0.399 e. The van der Waals surface area contributed by atoms with Crippen molar-refractivity contribution in [1.82, 2.24) is 10.1 Å². The lowest BCUT2D eigenvalue weighted by molar-refractivity contribution is 0.432. The van der Waals surface area contributed by atoms with Gasteiger partial charge in [-0.15, -0.1) is 0 Å². The zero-order chi connectivity index (χ0) is 13.2. The van der Waals surface area contributed by atoms with E-state index in [4.69, 9.17) is 10.3 Å². The molecule has 3 aromatic rings. The topological polar surface area (TPSA) is 64.9 Å². The molecule has 0 bridgehead atoms. The summed E-state index contributed by atoms with van der Waals surface area (Å²) in [7, 11) is 0. The van der Waals surface area contributed by atoms with Gasteiger partial charge >= 0.3 is 0 Å². The molecule has 0 saturated carbocycles. The average Bonchev–Trinajstić information content (AvgIpc) is 2.89. The lowest BCUT2D eigenvalue weighted by atomic mass is 10.1. The summed E-state index contributed by atoms with van der Waals surface area (Å²) in [4.78, 5) is 4.42. The molecule has 1 aromatic heterocycles. The Bertz CT molecular complexity index is 719. The van der Waals surface area contributed by atoms with E-state index in [2.05, 4.69) is 10.1 Å². The molecule has 4 nitrogen and oxygen atoms in total. The molecule has 3 rings (SSSR count). The maximum absolute atomic E-state index is 5.75. The Kier molecular flexibility index (Phi) is 2.76. The van der Waals surface area contributed by atoms with Crippen LogP contribution in [-0.4, -0.2) is 10.1 Å². The molecule has 2 aromatic carbocycles. The molecule has 0 saturated heterocycles. The van der Waals surface area contributed by atoms with Crippen molar-refractivity contribution < 1.29 is 4.52 Å². The fourth-order valence-corrected chi connectivity index (χ4v) is 1.94. The zero-order valence-electron chi connectivity index (χ0n) is 10.5. The van der Waals surface area contributed by atoms with E-state index in [1.165, 1.54) is 0 Å². The van der Waals surface area contributed by atoms with Crippen molar-refractivity contribution in [2.24, 2.45) is 0 Å². The summed E-state index contributed by atoms with van der Waals surface area (Å²) in [6.45, 7) is 2.01. The fourth-order valence-electron chi connectivity index (χ4n) is 1.94. The Hall–Kier alpha value is -2.62. The average molecular weight is 251 g/mol. The van der Waals surface area contributed by atoms with Gasteiger partial charge in [-0.05, 0) is 30.7 Å². The van der Waals surface area contributed by atoms with Crippen LogP contribution >= 0.6 is 0 Å². The maximum Gasteiger partial charge on any atom is 0.258 e. The molecule has 0 aliphatic heterocycles. The number of hydrogen-bond donors (Lipinski definition) is 1. The smallest absolute Gasteiger partial charge is 0.258 e. The summed E-state index contributed by atoms with van der Waals surface area (Å²) < 4.78 is 5.32. The van der Waals surface area contributed by atoms with Gasteiger partial charge in [0.15, 0.2) is 0 Å². The summed E-state index contributed by atoms with van der Waals surface area (Å²) in [6.07, 6.45) is 0. The van der Waals surface area contributed by atoms with Gasteiger partial charge in [-0.25, -0.2) is 0 Å². The normalized spacial score (nSPS) is 10.6. The highest BCUT2D eigenvalue weighted by Gasteiger charge is 2.11. The molecule has 1 heterocycles. The van der Waals surface area contributed by atoms with Crippen LogP contribution in [0.1, 0.15) is 5.56 Å². The molecular weight excluding hydrogens is 238 g/mol. The Morgan fingerprint density at radius 2 is 1.89 bits per heavy atom. The van der Waals surface area contributed by atoms with E-state index in [1.807, 2.05) is 55.5 Å². The Morgan fingerprint density at radius 1 is 1.05 bits per heavy atom. The summed E-state index contributed by atoms with van der Waals surface area (Å²) >= 11 is 0. The van der Waals surface area contributed by atoms with Gasteiger partial charge in [0.05, 0.1) is 0 Å². The second kappa shape index (κ2) is 4.57. The van der Waals surface area contributed by atoms with Crippen LogP contribution in [0.4, 0.5) is 5.69 Å². The number of nitrogens with zero attached hydrogens (tertiary/aromatic N) is 2. The zero-order valence-corrected chi connectivity index (χ0v) is 10.5. The first-order valence-electron chi connectivity index (χ1n) is 5.99. The highest BCUT2D eigenvalue weighted by atomic mass is 16.5. The number of aryl methyl sites for hydroxylation is 1. The van der Waals surface area contributed by atoms with Crippen LogP contribution in [0.3, 0.4) is 0 Å². The van der Waals surface area contributed by atoms with Crippen LogP contribution in [0.5, 0.6) is 0 Å². The summed E-state index contributed by atoms with van der Waals surface area (Å²) in [5.74, 6) is 1.07. The van der Waals surface area contributed by atoms with E-state index in [0.29, 0.717) is 17.4 Å². The molecule has 0 atom stereocenters. The lowest BCUT2D eigenvalue weighted by Gasteiger charge is -1.98. The highest BCUT2D eigenvalue weighted by molar-refractivity contribution is 5.64. The maximum atomic E-state index is 5.75.